The van der Waals surface area contributed by atoms with E-state index >= 15 is 0 Å². The maximum absolute atomic E-state index is 6.37. The average Bonchev–Trinajstić information content (AvgIpc) is 2.65. The molecule has 0 atom stereocenters. The van der Waals surface area contributed by atoms with Crippen LogP contribution in [0.15, 0.2) is 12.3 Å². The normalized spacial score (nSPS) is 19.6. The van der Waals surface area contributed by atoms with Gasteiger partial charge in [0.1, 0.15) is 5.82 Å². The van der Waals surface area contributed by atoms with Crippen LogP contribution in [0.4, 0.5) is 5.82 Å². The molecule has 0 amide bonds. The minimum Gasteiger partial charge on any atom is -0.370 e. The number of aromatic nitrogens is 2. The third-order valence-corrected chi connectivity index (χ3v) is 3.60. The molecule has 1 aliphatic carbocycles. The Bertz CT molecular complexity index is 326. The molecule has 1 aromatic heterocycles. The molecule has 0 unspecified atom stereocenters. The molecule has 3 N–H and O–H groups in total. The minimum absolute atomic E-state index is 0.0733. The van der Waals surface area contributed by atoms with Gasteiger partial charge in [-0.3, -0.25) is 4.68 Å². The second-order valence-electron chi connectivity index (χ2n) is 4.94. The lowest BCUT2D eigenvalue weighted by Crippen LogP contribution is -2.43. The molecule has 2 rings (SSSR count). The molecule has 1 heterocycles. The van der Waals surface area contributed by atoms with Crippen molar-refractivity contribution >= 4 is 5.82 Å². The van der Waals surface area contributed by atoms with Gasteiger partial charge >= 0.3 is 0 Å². The number of hydrogen-bond donors (Lipinski definition) is 2. The lowest BCUT2D eigenvalue weighted by atomic mass is 9.80. The molecule has 16 heavy (non-hydrogen) atoms. The van der Waals surface area contributed by atoms with Crippen LogP contribution in [0.2, 0.25) is 0 Å². The number of aryl methyl sites for hydroxylation is 1. The van der Waals surface area contributed by atoms with Crippen molar-refractivity contribution in [3.63, 3.8) is 0 Å². The SMILES string of the molecule is Cn1nccc1NCCC1(N)CCCCC1. The first-order valence-corrected chi connectivity index (χ1v) is 6.20. The summed E-state index contributed by atoms with van der Waals surface area (Å²) in [5, 5.41) is 7.51. The van der Waals surface area contributed by atoms with Gasteiger partial charge in [0, 0.05) is 25.2 Å². The third kappa shape index (κ3) is 2.76. The van der Waals surface area contributed by atoms with Crippen molar-refractivity contribution in [1.29, 1.82) is 0 Å². The molecular weight excluding hydrogens is 200 g/mol. The van der Waals surface area contributed by atoms with E-state index in [-0.39, 0.29) is 5.54 Å². The van der Waals surface area contributed by atoms with Gasteiger partial charge in [0.15, 0.2) is 0 Å². The molecule has 90 valence electrons. The standard InChI is InChI=1S/C12H22N4/c1-16-11(5-9-15-16)14-10-8-12(13)6-3-2-4-7-12/h5,9,14H,2-4,6-8,10,13H2,1H3. The van der Waals surface area contributed by atoms with Crippen molar-refractivity contribution < 1.29 is 0 Å². The van der Waals surface area contributed by atoms with E-state index in [1.807, 2.05) is 17.8 Å². The van der Waals surface area contributed by atoms with Crippen LogP contribution in [0.1, 0.15) is 38.5 Å². The fourth-order valence-electron chi connectivity index (χ4n) is 2.49. The fraction of sp³-hybridized carbons (Fsp3) is 0.750. The summed E-state index contributed by atoms with van der Waals surface area (Å²) in [5.74, 6) is 1.07. The lowest BCUT2D eigenvalue weighted by molar-refractivity contribution is 0.284. The number of hydrogen-bond acceptors (Lipinski definition) is 3. The number of nitrogens with zero attached hydrogens (tertiary/aromatic N) is 2. The monoisotopic (exact) mass is 222 g/mol. The highest BCUT2D eigenvalue weighted by atomic mass is 15.3. The molecule has 0 radical (unpaired) electrons. The van der Waals surface area contributed by atoms with E-state index in [0.717, 1.165) is 18.8 Å². The first-order valence-electron chi connectivity index (χ1n) is 6.20. The first kappa shape index (κ1) is 11.5. The van der Waals surface area contributed by atoms with Gasteiger partial charge in [0.2, 0.25) is 0 Å². The van der Waals surface area contributed by atoms with E-state index in [1.165, 1.54) is 32.1 Å². The first-order chi connectivity index (χ1) is 7.70. The molecule has 0 spiro atoms. The molecule has 0 saturated heterocycles. The van der Waals surface area contributed by atoms with Gasteiger partial charge < -0.3 is 11.1 Å². The summed E-state index contributed by atoms with van der Waals surface area (Å²) < 4.78 is 1.85. The van der Waals surface area contributed by atoms with Crippen LogP contribution in [-0.2, 0) is 7.05 Å². The predicted molar refractivity (Wildman–Crippen MR) is 66.3 cm³/mol. The van der Waals surface area contributed by atoms with Gasteiger partial charge in [0.25, 0.3) is 0 Å². The van der Waals surface area contributed by atoms with Gasteiger partial charge in [-0.05, 0) is 19.3 Å². The number of anilines is 1. The Morgan fingerprint density at radius 1 is 1.44 bits per heavy atom. The summed E-state index contributed by atoms with van der Waals surface area (Å²) in [7, 11) is 1.95. The van der Waals surface area contributed by atoms with E-state index in [4.69, 9.17) is 5.73 Å². The van der Waals surface area contributed by atoms with E-state index in [0.29, 0.717) is 0 Å². The van der Waals surface area contributed by atoms with Gasteiger partial charge in [-0.25, -0.2) is 0 Å². The topological polar surface area (TPSA) is 55.9 Å². The summed E-state index contributed by atoms with van der Waals surface area (Å²) in [6.07, 6.45) is 9.16. The van der Waals surface area contributed by atoms with Crippen molar-refractivity contribution in [1.82, 2.24) is 9.78 Å². The zero-order valence-corrected chi connectivity index (χ0v) is 10.1. The predicted octanol–water partition coefficient (Wildman–Crippen LogP) is 1.88. The van der Waals surface area contributed by atoms with E-state index in [2.05, 4.69) is 10.4 Å². The molecule has 0 aliphatic heterocycles. The van der Waals surface area contributed by atoms with Crippen molar-refractivity contribution in [3.8, 4) is 0 Å². The van der Waals surface area contributed by atoms with Crippen molar-refractivity contribution in [2.24, 2.45) is 12.8 Å². The Kier molecular flexibility index (Phi) is 3.49. The van der Waals surface area contributed by atoms with E-state index in [1.54, 1.807) is 6.20 Å². The second kappa shape index (κ2) is 4.87. The molecule has 1 fully saturated rings. The van der Waals surface area contributed by atoms with Crippen LogP contribution in [-0.4, -0.2) is 21.9 Å². The molecule has 1 aliphatic rings. The smallest absolute Gasteiger partial charge is 0.123 e. The largest absolute Gasteiger partial charge is 0.370 e. The van der Waals surface area contributed by atoms with Crippen molar-refractivity contribution in [2.45, 2.75) is 44.1 Å². The van der Waals surface area contributed by atoms with Gasteiger partial charge in [-0.15, -0.1) is 0 Å². The highest BCUT2D eigenvalue weighted by Gasteiger charge is 2.26. The Morgan fingerprint density at radius 3 is 2.81 bits per heavy atom. The van der Waals surface area contributed by atoms with Crippen LogP contribution < -0.4 is 11.1 Å². The molecule has 4 nitrogen and oxygen atoms in total. The maximum atomic E-state index is 6.37. The summed E-state index contributed by atoms with van der Waals surface area (Å²) in [6.45, 7) is 0.941. The summed E-state index contributed by atoms with van der Waals surface area (Å²) in [6, 6.07) is 1.99. The lowest BCUT2D eigenvalue weighted by Gasteiger charge is -2.33. The number of nitrogens with two attached hydrogens (primary N) is 1. The summed E-state index contributed by atoms with van der Waals surface area (Å²) >= 11 is 0. The molecule has 0 bridgehead atoms. The second-order valence-corrected chi connectivity index (χ2v) is 4.94. The van der Waals surface area contributed by atoms with Crippen molar-refractivity contribution in [3.05, 3.63) is 12.3 Å². The van der Waals surface area contributed by atoms with Gasteiger partial charge in [-0.2, -0.15) is 5.10 Å². The van der Waals surface area contributed by atoms with Crippen LogP contribution in [0, 0.1) is 0 Å². The van der Waals surface area contributed by atoms with Crippen LogP contribution in [0.5, 0.6) is 0 Å². The minimum atomic E-state index is 0.0733. The summed E-state index contributed by atoms with van der Waals surface area (Å²) in [5.41, 5.74) is 6.45. The highest BCUT2D eigenvalue weighted by molar-refractivity contribution is 5.33. The van der Waals surface area contributed by atoms with Gasteiger partial charge in [0.05, 0.1) is 6.20 Å². The zero-order valence-electron chi connectivity index (χ0n) is 10.1. The van der Waals surface area contributed by atoms with Crippen molar-refractivity contribution in [2.75, 3.05) is 11.9 Å². The average molecular weight is 222 g/mol. The third-order valence-electron chi connectivity index (χ3n) is 3.60. The molecule has 0 aromatic carbocycles. The number of rotatable bonds is 4. The van der Waals surface area contributed by atoms with Crippen LogP contribution in [0.3, 0.4) is 0 Å². The maximum Gasteiger partial charge on any atom is 0.123 e. The fourth-order valence-corrected chi connectivity index (χ4v) is 2.49. The van der Waals surface area contributed by atoms with Crippen LogP contribution >= 0.6 is 0 Å². The Labute approximate surface area is 97.2 Å². The number of nitrogens with one attached hydrogen (secondary N) is 1. The highest BCUT2D eigenvalue weighted by Crippen LogP contribution is 2.28. The molecular formula is C12H22N4. The molecule has 1 saturated carbocycles. The Hall–Kier alpha value is -1.03. The molecule has 4 heteroatoms. The Morgan fingerprint density at radius 2 is 2.19 bits per heavy atom. The van der Waals surface area contributed by atoms with Gasteiger partial charge in [-0.1, -0.05) is 19.3 Å². The molecule has 1 aromatic rings. The zero-order chi connectivity index (χ0) is 11.4. The van der Waals surface area contributed by atoms with Crippen LogP contribution in [0.25, 0.3) is 0 Å². The summed E-state index contributed by atoms with van der Waals surface area (Å²) in [4.78, 5) is 0. The Balaban J connectivity index is 1.77. The quantitative estimate of drug-likeness (QED) is 0.818. The van der Waals surface area contributed by atoms with E-state index in [9.17, 15) is 0 Å². The van der Waals surface area contributed by atoms with E-state index < -0.39 is 0 Å².